The Hall–Kier alpha value is -5.83. The molecule has 0 bridgehead atoms. The van der Waals surface area contributed by atoms with Crippen molar-refractivity contribution in [2.24, 2.45) is 11.8 Å². The summed E-state index contributed by atoms with van der Waals surface area (Å²) < 4.78 is 0.792. The molecule has 4 aromatic carbocycles. The van der Waals surface area contributed by atoms with E-state index in [4.69, 9.17) is 0 Å². The van der Waals surface area contributed by atoms with Gasteiger partial charge >= 0.3 is 7.12 Å². The van der Waals surface area contributed by atoms with E-state index in [2.05, 4.69) is 15.1 Å². The van der Waals surface area contributed by atoms with Gasteiger partial charge in [0.1, 0.15) is 11.8 Å². The molecule has 3 fully saturated rings. The predicted molar refractivity (Wildman–Crippen MR) is 231 cm³/mol. The smallest absolute Gasteiger partial charge is 0.488 e. The minimum atomic E-state index is -1.58. The lowest BCUT2D eigenvalue weighted by Gasteiger charge is -2.36. The van der Waals surface area contributed by atoms with Gasteiger partial charge < -0.3 is 25.0 Å². The van der Waals surface area contributed by atoms with Crippen molar-refractivity contribution in [1.29, 1.82) is 0 Å². The molecule has 9 rings (SSSR count). The van der Waals surface area contributed by atoms with Crippen molar-refractivity contribution in [3.63, 3.8) is 0 Å². The zero-order valence-electron chi connectivity index (χ0n) is 33.0. The normalized spacial score (nSPS) is 19.0. The molecule has 5 heterocycles. The number of carbonyl (C=O) groups excluding carboxylic acids is 5. The van der Waals surface area contributed by atoms with Crippen LogP contribution >= 0.6 is 11.3 Å². The number of thiophene rings is 1. The quantitative estimate of drug-likeness (QED) is 0.0803. The van der Waals surface area contributed by atoms with E-state index in [1.165, 1.54) is 24.2 Å². The number of benzene rings is 4. The first-order valence-electron chi connectivity index (χ1n) is 20.7. The molecule has 0 radical (unpaired) electrons. The van der Waals surface area contributed by atoms with Crippen LogP contribution in [-0.4, -0.2) is 88.8 Å². The second kappa shape index (κ2) is 16.3. The van der Waals surface area contributed by atoms with Crippen LogP contribution in [0.15, 0.2) is 84.9 Å². The monoisotopic (exact) mass is 824 g/mol. The summed E-state index contributed by atoms with van der Waals surface area (Å²) in [6, 6.07) is 24.1. The Morgan fingerprint density at radius 2 is 1.33 bits per heavy atom. The highest BCUT2D eigenvalue weighted by atomic mass is 32.1. The van der Waals surface area contributed by atoms with E-state index in [0.717, 1.165) is 88.7 Å². The van der Waals surface area contributed by atoms with Crippen molar-refractivity contribution in [3.05, 3.63) is 107 Å². The van der Waals surface area contributed by atoms with Crippen LogP contribution < -0.4 is 20.6 Å². The average Bonchev–Trinajstić information content (AvgIpc) is 3.76. The van der Waals surface area contributed by atoms with Crippen LogP contribution in [0.1, 0.15) is 88.0 Å². The van der Waals surface area contributed by atoms with Crippen molar-refractivity contribution in [1.82, 2.24) is 10.2 Å². The maximum Gasteiger partial charge on any atom is 0.488 e. The third-order valence-corrected chi connectivity index (χ3v) is 14.1. The van der Waals surface area contributed by atoms with Gasteiger partial charge in [0.2, 0.25) is 11.8 Å². The Balaban J connectivity index is 0.769. The standard InChI is InChI=1S/C46H45BN4O8S/c52-34-12-14-36-39(26-34)60-43(30-3-7-31(8-4-30)47(58)59)41(36)42(54)29-5-9-32(10-6-29)49-21-17-27(18-22-49)1-2-28-19-23-50(24-20-28)33-11-13-35-37(25-33)46(57)51(45(35)56)38-15-16-40(53)48-44(38)55/h3-14,25-28,38,52,58-59H,1-2,15-24H2,(H,48,53,55). The number of hydrogen-bond acceptors (Lipinski definition) is 11. The number of piperidine rings is 3. The van der Waals surface area contributed by atoms with E-state index in [0.29, 0.717) is 39.6 Å². The van der Waals surface area contributed by atoms with Gasteiger partial charge in [-0.2, -0.15) is 0 Å². The van der Waals surface area contributed by atoms with Crippen LogP contribution in [0.25, 0.3) is 20.5 Å². The Kier molecular flexibility index (Phi) is 10.8. The summed E-state index contributed by atoms with van der Waals surface area (Å²) in [6.07, 6.45) is 6.94. The summed E-state index contributed by atoms with van der Waals surface area (Å²) in [5.41, 5.74) is 4.89. The summed E-state index contributed by atoms with van der Waals surface area (Å²) in [5, 5.41) is 32.3. The first kappa shape index (κ1) is 39.6. The van der Waals surface area contributed by atoms with Crippen LogP contribution in [0.2, 0.25) is 0 Å². The number of anilines is 2. The zero-order chi connectivity index (χ0) is 41.7. The van der Waals surface area contributed by atoms with Gasteiger partial charge in [-0.3, -0.25) is 34.2 Å². The molecule has 1 atom stereocenters. The molecule has 4 amide bonds. The number of nitrogens with zero attached hydrogens (tertiary/aromatic N) is 3. The number of phenolic OH excluding ortho intramolecular Hbond substituents is 1. The van der Waals surface area contributed by atoms with Crippen molar-refractivity contribution >= 4 is 74.8 Å². The molecule has 3 saturated heterocycles. The molecule has 14 heteroatoms. The van der Waals surface area contributed by atoms with Gasteiger partial charge in [-0.1, -0.05) is 37.1 Å². The third kappa shape index (κ3) is 7.59. The lowest BCUT2D eigenvalue weighted by Crippen LogP contribution is -2.54. The lowest BCUT2D eigenvalue weighted by molar-refractivity contribution is -0.136. The molecule has 0 saturated carbocycles. The number of rotatable bonds is 10. The SMILES string of the molecule is O=C1CCC(N2C(=O)c3ccc(N4CCC(CCC5CCN(c6ccc(C(=O)c7c(-c8ccc(B(O)O)cc8)sc8cc(O)ccc78)cc6)CC5)CC4)cc3C2=O)C(=O)N1. The number of hydrogen-bond donors (Lipinski definition) is 4. The zero-order valence-corrected chi connectivity index (χ0v) is 33.8. The fourth-order valence-corrected chi connectivity index (χ4v) is 10.6. The van der Waals surface area contributed by atoms with E-state index < -0.39 is 36.8 Å². The van der Waals surface area contributed by atoms with Gasteiger partial charge in [0.15, 0.2) is 5.78 Å². The molecular formula is C46H45BN4O8S. The molecule has 4 aliphatic rings. The van der Waals surface area contributed by atoms with Crippen molar-refractivity contribution in [2.75, 3.05) is 36.0 Å². The van der Waals surface area contributed by atoms with E-state index in [1.54, 1.807) is 54.6 Å². The molecule has 1 aromatic heterocycles. The topological polar surface area (TPSA) is 168 Å². The van der Waals surface area contributed by atoms with Gasteiger partial charge in [-0.15, -0.1) is 11.3 Å². The fraction of sp³-hybridized carbons (Fsp3) is 0.326. The number of carbonyl (C=O) groups is 5. The van der Waals surface area contributed by atoms with Gasteiger partial charge in [0.25, 0.3) is 11.8 Å². The molecule has 306 valence electrons. The summed E-state index contributed by atoms with van der Waals surface area (Å²) in [5.74, 6) is -0.663. The average molecular weight is 825 g/mol. The van der Waals surface area contributed by atoms with Crippen molar-refractivity contribution in [3.8, 4) is 16.2 Å². The number of phenols is 1. The first-order valence-corrected chi connectivity index (χ1v) is 21.6. The van der Waals surface area contributed by atoms with E-state index >= 15 is 0 Å². The number of aromatic hydroxyl groups is 1. The highest BCUT2D eigenvalue weighted by Crippen LogP contribution is 2.41. The second-order valence-corrected chi connectivity index (χ2v) is 17.5. The molecule has 5 aromatic rings. The Morgan fingerprint density at radius 1 is 0.717 bits per heavy atom. The predicted octanol–water partition coefficient (Wildman–Crippen LogP) is 5.50. The van der Waals surface area contributed by atoms with Crippen LogP contribution in [0.5, 0.6) is 5.75 Å². The number of nitrogens with one attached hydrogen (secondary N) is 1. The van der Waals surface area contributed by atoms with Gasteiger partial charge in [0, 0.05) is 70.1 Å². The van der Waals surface area contributed by atoms with E-state index in [9.17, 15) is 39.1 Å². The number of amides is 4. The summed E-state index contributed by atoms with van der Waals surface area (Å²) in [7, 11) is -1.58. The molecule has 0 aliphatic carbocycles. The molecule has 0 spiro atoms. The van der Waals surface area contributed by atoms with Crippen LogP contribution in [0, 0.1) is 11.8 Å². The summed E-state index contributed by atoms with van der Waals surface area (Å²) in [6.45, 7) is 3.65. The molecule has 4 aliphatic heterocycles. The van der Waals surface area contributed by atoms with Gasteiger partial charge in [0.05, 0.1) is 11.1 Å². The minimum Gasteiger partial charge on any atom is -0.508 e. The molecule has 60 heavy (non-hydrogen) atoms. The lowest BCUT2D eigenvalue weighted by atomic mass is 9.80. The maximum absolute atomic E-state index is 14.1. The van der Waals surface area contributed by atoms with E-state index in [-0.39, 0.29) is 24.4 Å². The Bertz CT molecular complexity index is 2510. The van der Waals surface area contributed by atoms with Crippen LogP contribution in [-0.2, 0) is 9.59 Å². The largest absolute Gasteiger partial charge is 0.508 e. The molecule has 4 N–H and O–H groups in total. The third-order valence-electron chi connectivity index (χ3n) is 12.9. The molecular weight excluding hydrogens is 779 g/mol. The maximum atomic E-state index is 14.1. The second-order valence-electron chi connectivity index (χ2n) is 16.5. The number of fused-ring (bicyclic) bond motifs is 2. The highest BCUT2D eigenvalue weighted by Gasteiger charge is 2.45. The van der Waals surface area contributed by atoms with Gasteiger partial charge in [-0.25, -0.2) is 0 Å². The van der Waals surface area contributed by atoms with Crippen molar-refractivity contribution < 1.29 is 39.1 Å². The molecule has 1 unspecified atom stereocenters. The Labute approximate surface area is 351 Å². The van der Waals surface area contributed by atoms with E-state index in [1.807, 2.05) is 30.3 Å². The first-order chi connectivity index (χ1) is 29.0. The number of imide groups is 2. The van der Waals surface area contributed by atoms with Crippen molar-refractivity contribution in [2.45, 2.75) is 57.4 Å². The fourth-order valence-electron chi connectivity index (χ4n) is 9.38. The van der Waals surface area contributed by atoms with Gasteiger partial charge in [-0.05, 0) is 116 Å². The number of ketones is 1. The molecule has 12 nitrogen and oxygen atoms in total. The van der Waals surface area contributed by atoms with Crippen LogP contribution in [0.4, 0.5) is 11.4 Å². The minimum absolute atomic E-state index is 0.0912. The highest BCUT2D eigenvalue weighted by molar-refractivity contribution is 7.22. The van der Waals surface area contributed by atoms with Crippen LogP contribution in [0.3, 0.4) is 0 Å². The Morgan fingerprint density at radius 3 is 1.97 bits per heavy atom. The summed E-state index contributed by atoms with van der Waals surface area (Å²) >= 11 is 1.42. The summed E-state index contributed by atoms with van der Waals surface area (Å²) in [4.78, 5) is 71.1.